The third kappa shape index (κ3) is 27.1. The molecule has 2 aromatic rings. The number of rotatable bonds is 38. The highest BCUT2D eigenvalue weighted by molar-refractivity contribution is 5.76. The number of hydrogen-bond acceptors (Lipinski definition) is 12. The first-order valence-electron chi connectivity index (χ1n) is 21.9. The summed E-state index contributed by atoms with van der Waals surface area (Å²) in [5, 5.41) is 40.0. The summed E-state index contributed by atoms with van der Waals surface area (Å²) in [4.78, 5) is 25.9. The van der Waals surface area contributed by atoms with E-state index < -0.39 is 0 Å². The first-order valence-corrected chi connectivity index (χ1v) is 21.9. The molecule has 0 aliphatic rings. The maximum absolute atomic E-state index is 12.9. The molecule has 2 unspecified atom stereocenters. The zero-order chi connectivity index (χ0) is 39.6. The van der Waals surface area contributed by atoms with Gasteiger partial charge in [-0.25, -0.2) is 0 Å². The van der Waals surface area contributed by atoms with Crippen molar-refractivity contribution < 1.29 is 28.6 Å². The van der Waals surface area contributed by atoms with Crippen LogP contribution in [0.2, 0.25) is 0 Å². The van der Waals surface area contributed by atoms with Crippen molar-refractivity contribution in [1.82, 2.24) is 31.0 Å². The molecule has 14 nitrogen and oxygen atoms in total. The average Bonchev–Trinajstić information content (AvgIpc) is 3.79. The van der Waals surface area contributed by atoms with Gasteiger partial charge in [-0.2, -0.15) is 0 Å². The van der Waals surface area contributed by atoms with Crippen LogP contribution in [0.5, 0.6) is 0 Å². The highest BCUT2D eigenvalue weighted by Crippen LogP contribution is 2.17. The number of aliphatic hydroxyl groups is 2. The van der Waals surface area contributed by atoms with Gasteiger partial charge in [0.05, 0.1) is 0 Å². The molecule has 14 heteroatoms. The van der Waals surface area contributed by atoms with Gasteiger partial charge in [0.2, 0.25) is 23.6 Å². The van der Waals surface area contributed by atoms with Crippen LogP contribution >= 0.6 is 0 Å². The molecule has 0 radical (unpaired) electrons. The van der Waals surface area contributed by atoms with Gasteiger partial charge >= 0.3 is 12.0 Å². The fourth-order valence-electron chi connectivity index (χ4n) is 7.12. The van der Waals surface area contributed by atoms with Crippen molar-refractivity contribution in [3.63, 3.8) is 0 Å². The second-order valence-electron chi connectivity index (χ2n) is 15.3. The Kier molecular flexibility index (Phi) is 28.7. The van der Waals surface area contributed by atoms with Gasteiger partial charge in [0.25, 0.3) is 0 Å². The predicted molar refractivity (Wildman–Crippen MR) is 217 cm³/mol. The number of amides is 2. The Morgan fingerprint density at radius 1 is 0.455 bits per heavy atom. The van der Waals surface area contributed by atoms with Crippen LogP contribution in [0.1, 0.15) is 198 Å². The SMILES string of the molecule is Nc1nnc(CCCCCCCC(CCCCCCCO)NC(=O)CCCCCC(=O)NC(CCCCCCCO)CCCCCCCc2nnc(N)o2)o1. The Balaban J connectivity index is 1.63. The zero-order valence-corrected chi connectivity index (χ0v) is 34.0. The molecule has 0 saturated heterocycles. The number of nitrogens with two attached hydrogens (primary N) is 2. The molecular weight excluding hydrogens is 701 g/mol. The van der Waals surface area contributed by atoms with E-state index in [4.69, 9.17) is 30.5 Å². The van der Waals surface area contributed by atoms with Crippen molar-refractivity contribution in [1.29, 1.82) is 0 Å². The summed E-state index contributed by atoms with van der Waals surface area (Å²) in [6.45, 7) is 0.508. The summed E-state index contributed by atoms with van der Waals surface area (Å²) in [5.74, 6) is 1.43. The molecule has 2 rings (SSSR count). The molecule has 2 aromatic heterocycles. The van der Waals surface area contributed by atoms with E-state index >= 15 is 0 Å². The lowest BCUT2D eigenvalue weighted by Crippen LogP contribution is -2.35. The van der Waals surface area contributed by atoms with Gasteiger partial charge < -0.3 is 41.1 Å². The number of anilines is 2. The van der Waals surface area contributed by atoms with Crippen molar-refractivity contribution in [3.05, 3.63) is 11.8 Å². The molecule has 316 valence electrons. The monoisotopic (exact) mass is 777 g/mol. The van der Waals surface area contributed by atoms with Crippen LogP contribution in [0, 0.1) is 0 Å². The normalized spacial score (nSPS) is 12.5. The topological polar surface area (TPSA) is 229 Å². The summed E-state index contributed by atoms with van der Waals surface area (Å²) in [6.07, 6.45) is 30.2. The number of carbonyl (C=O) groups excluding carboxylic acids is 2. The number of carbonyl (C=O) groups is 2. The first kappa shape index (κ1) is 47.9. The Morgan fingerprint density at radius 3 is 1.09 bits per heavy atom. The Labute approximate surface area is 330 Å². The Bertz CT molecular complexity index is 1120. The summed E-state index contributed by atoms with van der Waals surface area (Å²) in [7, 11) is 0. The quantitative estimate of drug-likeness (QED) is 0.0361. The fourth-order valence-corrected chi connectivity index (χ4v) is 7.12. The number of nitrogens with one attached hydrogen (secondary N) is 2. The van der Waals surface area contributed by atoms with Gasteiger partial charge in [0.15, 0.2) is 0 Å². The molecule has 2 amide bonds. The van der Waals surface area contributed by atoms with E-state index in [1.807, 2.05) is 0 Å². The molecule has 0 aliphatic carbocycles. The van der Waals surface area contributed by atoms with Crippen molar-refractivity contribution >= 4 is 23.8 Å². The maximum Gasteiger partial charge on any atom is 0.312 e. The van der Waals surface area contributed by atoms with Gasteiger partial charge in [-0.1, -0.05) is 119 Å². The molecule has 2 atom stereocenters. The van der Waals surface area contributed by atoms with Crippen LogP contribution in [0.4, 0.5) is 12.0 Å². The first-order chi connectivity index (χ1) is 26.9. The number of hydrogen-bond donors (Lipinski definition) is 6. The molecule has 0 spiro atoms. The van der Waals surface area contributed by atoms with Crippen LogP contribution in [-0.2, 0) is 22.4 Å². The minimum atomic E-state index is 0.118. The number of aromatic nitrogens is 4. The van der Waals surface area contributed by atoms with E-state index in [1.165, 1.54) is 0 Å². The molecular formula is C41H76N8O6. The smallest absolute Gasteiger partial charge is 0.312 e. The standard InChI is InChI=1S/C41H76N8O6/c42-40-48-46-38(54-40)30-20-9-1-5-14-24-34(26-16-7-3-11-22-32-50)44-36(52)28-18-13-19-29-37(53)45-35(27-17-8-4-12-23-33-51)25-15-6-2-10-21-31-39-47-49-41(43)55-39/h34-35,50-51H,1-33H2,(H2,42,48)(H2,43,49)(H,44,52)(H,45,53). The number of aliphatic hydroxyl groups excluding tert-OH is 2. The lowest BCUT2D eigenvalue weighted by atomic mass is 9.99. The van der Waals surface area contributed by atoms with Gasteiger partial charge in [-0.05, 0) is 64.2 Å². The fraction of sp³-hybridized carbons (Fsp3) is 0.854. The van der Waals surface area contributed by atoms with Gasteiger partial charge in [-0.15, -0.1) is 10.2 Å². The zero-order valence-electron chi connectivity index (χ0n) is 34.0. The summed E-state index contributed by atoms with van der Waals surface area (Å²) < 4.78 is 10.5. The van der Waals surface area contributed by atoms with Crippen LogP contribution in [0.25, 0.3) is 0 Å². The van der Waals surface area contributed by atoms with Crippen LogP contribution in [0.3, 0.4) is 0 Å². The molecule has 55 heavy (non-hydrogen) atoms. The van der Waals surface area contributed by atoms with E-state index in [-0.39, 0.29) is 49.1 Å². The number of aryl methyl sites for hydroxylation is 2. The van der Waals surface area contributed by atoms with E-state index in [0.717, 1.165) is 186 Å². The van der Waals surface area contributed by atoms with Gasteiger partial charge in [0, 0.05) is 51.0 Å². The van der Waals surface area contributed by atoms with E-state index in [1.54, 1.807) is 0 Å². The van der Waals surface area contributed by atoms with E-state index in [0.29, 0.717) is 24.6 Å². The predicted octanol–water partition coefficient (Wildman–Crippen LogP) is 7.67. The van der Waals surface area contributed by atoms with Crippen molar-refractivity contribution in [2.24, 2.45) is 0 Å². The molecule has 8 N–H and O–H groups in total. The number of unbranched alkanes of at least 4 members (excludes halogenated alkanes) is 18. The van der Waals surface area contributed by atoms with E-state index in [2.05, 4.69) is 31.0 Å². The molecule has 0 saturated carbocycles. The largest absolute Gasteiger partial charge is 0.408 e. The Hall–Kier alpha value is -3.26. The molecule has 2 heterocycles. The van der Waals surface area contributed by atoms with Crippen molar-refractivity contribution in [3.8, 4) is 0 Å². The van der Waals surface area contributed by atoms with Crippen LogP contribution < -0.4 is 22.1 Å². The third-order valence-electron chi connectivity index (χ3n) is 10.3. The van der Waals surface area contributed by atoms with Gasteiger partial charge in [0.1, 0.15) is 0 Å². The summed E-state index contributed by atoms with van der Waals surface area (Å²) >= 11 is 0. The average molecular weight is 777 g/mol. The second kappa shape index (κ2) is 32.9. The highest BCUT2D eigenvalue weighted by Gasteiger charge is 2.15. The maximum atomic E-state index is 12.9. The minimum Gasteiger partial charge on any atom is -0.408 e. The molecule has 0 bridgehead atoms. The molecule has 0 fully saturated rings. The lowest BCUT2D eigenvalue weighted by Gasteiger charge is -2.19. The lowest BCUT2D eigenvalue weighted by molar-refractivity contribution is -0.122. The molecule has 0 aromatic carbocycles. The summed E-state index contributed by atoms with van der Waals surface area (Å²) in [5.41, 5.74) is 11.0. The second-order valence-corrected chi connectivity index (χ2v) is 15.3. The third-order valence-corrected chi connectivity index (χ3v) is 10.3. The number of nitrogen functional groups attached to an aromatic ring is 2. The van der Waals surface area contributed by atoms with Crippen LogP contribution in [0.15, 0.2) is 8.83 Å². The van der Waals surface area contributed by atoms with Gasteiger partial charge in [-0.3, -0.25) is 9.59 Å². The number of nitrogens with zero attached hydrogens (tertiary/aromatic N) is 4. The van der Waals surface area contributed by atoms with Crippen molar-refractivity contribution in [2.45, 2.75) is 211 Å². The van der Waals surface area contributed by atoms with Crippen molar-refractivity contribution in [2.75, 3.05) is 24.7 Å². The minimum absolute atomic E-state index is 0.118. The van der Waals surface area contributed by atoms with Crippen LogP contribution in [-0.4, -0.2) is 67.7 Å². The highest BCUT2D eigenvalue weighted by atomic mass is 16.4. The Morgan fingerprint density at radius 2 is 0.764 bits per heavy atom. The summed E-state index contributed by atoms with van der Waals surface area (Å²) in [6, 6.07) is 0.627. The molecule has 0 aliphatic heterocycles. The van der Waals surface area contributed by atoms with E-state index in [9.17, 15) is 9.59 Å².